The van der Waals surface area contributed by atoms with Crippen molar-refractivity contribution in [3.63, 3.8) is 0 Å². The van der Waals surface area contributed by atoms with E-state index in [4.69, 9.17) is 9.47 Å². The van der Waals surface area contributed by atoms with Crippen LogP contribution in [-0.4, -0.2) is 12.7 Å². The molecule has 0 aliphatic heterocycles. The molecule has 0 aliphatic carbocycles. The van der Waals surface area contributed by atoms with Gasteiger partial charge in [0, 0.05) is 11.1 Å². The van der Waals surface area contributed by atoms with Crippen molar-refractivity contribution < 1.29 is 9.47 Å². The van der Waals surface area contributed by atoms with Crippen molar-refractivity contribution in [2.75, 3.05) is 6.61 Å². The molecule has 0 N–H and O–H groups in total. The van der Waals surface area contributed by atoms with Gasteiger partial charge in [0.15, 0.2) is 0 Å². The van der Waals surface area contributed by atoms with Gasteiger partial charge in [-0.25, -0.2) is 0 Å². The first kappa shape index (κ1) is 32.8. The lowest BCUT2D eigenvalue weighted by atomic mass is 10.0. The Bertz CT molecular complexity index is 1280. The van der Waals surface area contributed by atoms with Crippen molar-refractivity contribution in [2.24, 2.45) is 0 Å². The van der Waals surface area contributed by atoms with Crippen molar-refractivity contribution in [1.82, 2.24) is 0 Å². The molecular weight excluding hydrogens is 514 g/mol. The molecule has 0 radical (unpaired) electrons. The quantitative estimate of drug-likeness (QED) is 0.114. The van der Waals surface area contributed by atoms with Gasteiger partial charge in [0.1, 0.15) is 17.6 Å². The van der Waals surface area contributed by atoms with Crippen LogP contribution in [0, 0.1) is 23.2 Å². The molecule has 3 aromatic rings. The summed E-state index contributed by atoms with van der Waals surface area (Å²) in [5.74, 6) is 8.00. The standard InChI is InChI=1S/C39H49NO2/c1-4-6-8-10-11-12-13-15-29-41-38-26-24-36(25-27-38)35-22-19-33(20-23-35)17-18-34-21-28-39(37(30-34)31-40)42-32(3)16-14-9-7-5-2/h19-28,30,32H,4-16,29H2,1-3H3/t32-/m1/s1. The number of benzene rings is 3. The molecule has 0 fully saturated rings. The van der Waals surface area contributed by atoms with Gasteiger partial charge >= 0.3 is 0 Å². The van der Waals surface area contributed by atoms with Gasteiger partial charge in [-0.1, -0.05) is 114 Å². The first-order valence-corrected chi connectivity index (χ1v) is 16.2. The third-order valence-electron chi connectivity index (χ3n) is 7.58. The van der Waals surface area contributed by atoms with Gasteiger partial charge in [-0.2, -0.15) is 5.26 Å². The molecule has 3 heteroatoms. The Kier molecular flexibility index (Phi) is 15.2. The van der Waals surface area contributed by atoms with Gasteiger partial charge in [-0.3, -0.25) is 0 Å². The second kappa shape index (κ2) is 19.4. The van der Waals surface area contributed by atoms with Crippen LogP contribution in [0.5, 0.6) is 11.5 Å². The van der Waals surface area contributed by atoms with Crippen LogP contribution in [0.15, 0.2) is 66.7 Å². The van der Waals surface area contributed by atoms with Gasteiger partial charge in [-0.15, -0.1) is 0 Å². The van der Waals surface area contributed by atoms with Gasteiger partial charge in [0.05, 0.1) is 18.3 Å². The third-order valence-corrected chi connectivity index (χ3v) is 7.58. The molecule has 0 aliphatic rings. The average Bonchev–Trinajstić information content (AvgIpc) is 3.02. The second-order valence-electron chi connectivity index (χ2n) is 11.3. The number of ether oxygens (including phenoxy) is 2. The maximum absolute atomic E-state index is 9.66. The third kappa shape index (κ3) is 12.0. The van der Waals surface area contributed by atoms with E-state index < -0.39 is 0 Å². The highest BCUT2D eigenvalue weighted by Gasteiger charge is 2.09. The van der Waals surface area contributed by atoms with E-state index in [1.807, 2.05) is 30.3 Å². The lowest BCUT2D eigenvalue weighted by Gasteiger charge is -2.15. The van der Waals surface area contributed by atoms with E-state index in [2.05, 4.69) is 75.1 Å². The molecular formula is C39H49NO2. The Hall–Kier alpha value is -3.69. The zero-order chi connectivity index (χ0) is 29.8. The van der Waals surface area contributed by atoms with E-state index in [0.29, 0.717) is 11.3 Å². The average molecular weight is 564 g/mol. The molecule has 0 spiro atoms. The molecule has 0 aromatic heterocycles. The number of rotatable bonds is 18. The minimum Gasteiger partial charge on any atom is -0.494 e. The molecule has 0 saturated carbocycles. The second-order valence-corrected chi connectivity index (χ2v) is 11.3. The zero-order valence-corrected chi connectivity index (χ0v) is 26.1. The van der Waals surface area contributed by atoms with Gasteiger partial charge < -0.3 is 9.47 Å². The van der Waals surface area contributed by atoms with Gasteiger partial charge in [-0.05, 0) is 79.8 Å². The van der Waals surface area contributed by atoms with Crippen molar-refractivity contribution in [1.29, 1.82) is 5.26 Å². The molecule has 42 heavy (non-hydrogen) atoms. The topological polar surface area (TPSA) is 42.2 Å². The molecule has 0 saturated heterocycles. The number of nitrogens with zero attached hydrogens (tertiary/aromatic N) is 1. The summed E-state index contributed by atoms with van der Waals surface area (Å²) in [6.45, 7) is 7.34. The fraction of sp³-hybridized carbons (Fsp3) is 0.462. The summed E-state index contributed by atoms with van der Waals surface area (Å²) in [6.07, 6.45) is 16.4. The van der Waals surface area contributed by atoms with Crippen LogP contribution < -0.4 is 9.47 Å². The Labute approximate surface area is 255 Å². The summed E-state index contributed by atoms with van der Waals surface area (Å²) < 4.78 is 12.0. The van der Waals surface area contributed by atoms with E-state index in [-0.39, 0.29) is 6.10 Å². The molecule has 0 unspecified atom stereocenters. The molecule has 222 valence electrons. The first-order chi connectivity index (χ1) is 20.6. The largest absolute Gasteiger partial charge is 0.494 e. The summed E-state index contributed by atoms with van der Waals surface area (Å²) in [5, 5.41) is 9.66. The molecule has 1 atom stereocenters. The zero-order valence-electron chi connectivity index (χ0n) is 26.1. The molecule has 0 amide bonds. The van der Waals surface area contributed by atoms with Crippen LogP contribution in [0.4, 0.5) is 0 Å². The van der Waals surface area contributed by atoms with Crippen molar-refractivity contribution >= 4 is 0 Å². The van der Waals surface area contributed by atoms with Crippen LogP contribution in [-0.2, 0) is 0 Å². The van der Waals surface area contributed by atoms with E-state index in [0.717, 1.165) is 53.9 Å². The summed E-state index contributed by atoms with van der Waals surface area (Å²) in [4.78, 5) is 0. The molecule has 3 rings (SSSR count). The van der Waals surface area contributed by atoms with Crippen LogP contribution in [0.2, 0.25) is 0 Å². The Balaban J connectivity index is 1.47. The van der Waals surface area contributed by atoms with Crippen molar-refractivity contribution in [2.45, 2.75) is 110 Å². The monoisotopic (exact) mass is 563 g/mol. The normalized spacial score (nSPS) is 11.3. The van der Waals surface area contributed by atoms with Crippen molar-refractivity contribution in [3.05, 3.63) is 83.4 Å². The summed E-state index contributed by atoms with van der Waals surface area (Å²) >= 11 is 0. The van der Waals surface area contributed by atoms with Gasteiger partial charge in [0.2, 0.25) is 0 Å². The smallest absolute Gasteiger partial charge is 0.137 e. The first-order valence-electron chi connectivity index (χ1n) is 16.2. The van der Waals surface area contributed by atoms with Crippen LogP contribution in [0.1, 0.15) is 121 Å². The molecule has 0 heterocycles. The van der Waals surface area contributed by atoms with Crippen LogP contribution >= 0.6 is 0 Å². The molecule has 3 nitrogen and oxygen atoms in total. The SMILES string of the molecule is CCCCCCCCCCOc1ccc(-c2ccc(C#Cc3ccc(O[C@H](C)CCCCCC)c(C#N)c3)cc2)cc1. The van der Waals surface area contributed by atoms with Gasteiger partial charge in [0.25, 0.3) is 0 Å². The predicted octanol–water partition coefficient (Wildman–Crippen LogP) is 10.9. The fourth-order valence-electron chi connectivity index (χ4n) is 4.99. The lowest BCUT2D eigenvalue weighted by Crippen LogP contribution is -2.12. The minimum atomic E-state index is 0.0906. The maximum Gasteiger partial charge on any atom is 0.137 e. The predicted molar refractivity (Wildman–Crippen MR) is 176 cm³/mol. The molecule has 0 bridgehead atoms. The fourth-order valence-corrected chi connectivity index (χ4v) is 4.99. The number of nitriles is 1. The Morgan fingerprint density at radius 3 is 1.83 bits per heavy atom. The lowest BCUT2D eigenvalue weighted by molar-refractivity contribution is 0.206. The number of hydrogen-bond donors (Lipinski definition) is 0. The summed E-state index contributed by atoms with van der Waals surface area (Å²) in [5.41, 5.74) is 4.57. The minimum absolute atomic E-state index is 0.0906. The number of hydrogen-bond acceptors (Lipinski definition) is 3. The summed E-state index contributed by atoms with van der Waals surface area (Å²) in [7, 11) is 0. The van der Waals surface area contributed by atoms with Crippen LogP contribution in [0.3, 0.4) is 0 Å². The van der Waals surface area contributed by atoms with Crippen LogP contribution in [0.25, 0.3) is 11.1 Å². The highest BCUT2D eigenvalue weighted by Crippen LogP contribution is 2.24. The van der Waals surface area contributed by atoms with Crippen molar-refractivity contribution in [3.8, 4) is 40.5 Å². The van der Waals surface area contributed by atoms with E-state index in [1.54, 1.807) is 0 Å². The van der Waals surface area contributed by atoms with E-state index >= 15 is 0 Å². The highest BCUT2D eigenvalue weighted by atomic mass is 16.5. The van der Waals surface area contributed by atoms with E-state index in [1.165, 1.54) is 64.2 Å². The molecule has 3 aromatic carbocycles. The Morgan fingerprint density at radius 2 is 1.19 bits per heavy atom. The highest BCUT2D eigenvalue weighted by molar-refractivity contribution is 5.65. The Morgan fingerprint density at radius 1 is 0.643 bits per heavy atom. The number of unbranched alkanes of at least 4 members (excludes halogenated alkanes) is 10. The maximum atomic E-state index is 9.66. The van der Waals surface area contributed by atoms with E-state index in [9.17, 15) is 5.26 Å². The summed E-state index contributed by atoms with van der Waals surface area (Å²) in [6, 6.07) is 24.5.